The minimum atomic E-state index is -0.467. The number of anilines is 1. The van der Waals surface area contributed by atoms with Crippen LogP contribution in [-0.4, -0.2) is 19.7 Å². The zero-order chi connectivity index (χ0) is 13.8. The van der Waals surface area contributed by atoms with Gasteiger partial charge in [0, 0.05) is 18.9 Å². The minimum absolute atomic E-state index is 0.0430. The fraction of sp³-hybridized carbons (Fsp3) is 0.200. The van der Waals surface area contributed by atoms with Crippen LogP contribution in [0.25, 0.3) is 0 Å². The number of nitro groups is 1. The number of aryl methyl sites for hydroxylation is 1. The molecule has 0 bridgehead atoms. The van der Waals surface area contributed by atoms with Crippen LogP contribution < -0.4 is 11.3 Å². The summed E-state index contributed by atoms with van der Waals surface area (Å²) in [6.45, 7) is 0. The van der Waals surface area contributed by atoms with Gasteiger partial charge in [-0.2, -0.15) is 0 Å². The first-order chi connectivity index (χ1) is 9.13. The molecule has 0 saturated carbocycles. The standard InChI is InChI=1S/C10H12N6O2S/c1-15-6-12-14-10(15)19-5-7-3-2-4-8(16(17)18)9(7)13-11/h2-4,6,13H,5,11H2,1H3. The molecule has 0 unspecified atom stereocenters. The number of nitrogens with one attached hydrogen (secondary N) is 1. The summed E-state index contributed by atoms with van der Waals surface area (Å²) in [5.74, 6) is 5.88. The van der Waals surface area contributed by atoms with E-state index < -0.39 is 4.92 Å². The average Bonchev–Trinajstić information content (AvgIpc) is 2.81. The number of aromatic nitrogens is 3. The third-order valence-electron chi connectivity index (χ3n) is 2.50. The van der Waals surface area contributed by atoms with E-state index in [1.807, 2.05) is 7.05 Å². The molecule has 0 atom stereocenters. The van der Waals surface area contributed by atoms with Crippen molar-refractivity contribution < 1.29 is 4.92 Å². The molecule has 100 valence electrons. The quantitative estimate of drug-likeness (QED) is 0.367. The molecule has 2 aromatic rings. The number of nitrogen functional groups attached to an aromatic ring is 1. The second-order valence-electron chi connectivity index (χ2n) is 3.73. The molecule has 0 fully saturated rings. The van der Waals surface area contributed by atoms with Crippen molar-refractivity contribution in [2.45, 2.75) is 10.9 Å². The average molecular weight is 280 g/mol. The van der Waals surface area contributed by atoms with Crippen LogP contribution in [0.2, 0.25) is 0 Å². The Morgan fingerprint density at radius 2 is 2.37 bits per heavy atom. The molecule has 2 rings (SSSR count). The predicted molar refractivity (Wildman–Crippen MR) is 71.5 cm³/mol. The molecule has 0 amide bonds. The molecule has 8 nitrogen and oxygen atoms in total. The van der Waals surface area contributed by atoms with Crippen LogP contribution in [0.4, 0.5) is 11.4 Å². The minimum Gasteiger partial charge on any atom is -0.318 e. The van der Waals surface area contributed by atoms with Gasteiger partial charge >= 0.3 is 0 Å². The largest absolute Gasteiger partial charge is 0.318 e. The van der Waals surface area contributed by atoms with E-state index in [1.165, 1.54) is 17.8 Å². The smallest absolute Gasteiger partial charge is 0.293 e. The summed E-state index contributed by atoms with van der Waals surface area (Å²) in [5, 5.41) is 19.3. The number of hydrogen-bond donors (Lipinski definition) is 2. The number of para-hydroxylation sites is 1. The predicted octanol–water partition coefficient (Wildman–Crippen LogP) is 1.30. The SMILES string of the molecule is Cn1cnnc1SCc1cccc([N+](=O)[O-])c1NN. The summed E-state index contributed by atoms with van der Waals surface area (Å²) >= 11 is 1.43. The highest BCUT2D eigenvalue weighted by Crippen LogP contribution is 2.31. The van der Waals surface area contributed by atoms with Crippen molar-refractivity contribution in [2.75, 3.05) is 5.43 Å². The van der Waals surface area contributed by atoms with Gasteiger partial charge in [-0.25, -0.2) is 0 Å². The van der Waals surface area contributed by atoms with Gasteiger partial charge in [-0.3, -0.25) is 16.0 Å². The number of nitrogens with zero attached hydrogens (tertiary/aromatic N) is 4. The fourth-order valence-electron chi connectivity index (χ4n) is 1.57. The van der Waals surface area contributed by atoms with Crippen LogP contribution in [0.15, 0.2) is 29.7 Å². The van der Waals surface area contributed by atoms with Crippen LogP contribution in [0, 0.1) is 10.1 Å². The maximum Gasteiger partial charge on any atom is 0.293 e. The first-order valence-electron chi connectivity index (χ1n) is 5.33. The molecule has 0 aliphatic rings. The van der Waals surface area contributed by atoms with Crippen molar-refractivity contribution in [3.8, 4) is 0 Å². The van der Waals surface area contributed by atoms with Crippen LogP contribution >= 0.6 is 11.8 Å². The van der Waals surface area contributed by atoms with Crippen LogP contribution in [0.3, 0.4) is 0 Å². The number of hydrazine groups is 1. The molecule has 0 aliphatic carbocycles. The Hall–Kier alpha value is -2.13. The highest BCUT2D eigenvalue weighted by Gasteiger charge is 2.16. The maximum atomic E-state index is 10.9. The topological polar surface area (TPSA) is 112 Å². The monoisotopic (exact) mass is 280 g/mol. The van der Waals surface area contributed by atoms with Gasteiger partial charge in [0.25, 0.3) is 5.69 Å². The van der Waals surface area contributed by atoms with E-state index in [0.717, 1.165) is 10.7 Å². The van der Waals surface area contributed by atoms with Crippen LogP contribution in [0.5, 0.6) is 0 Å². The van der Waals surface area contributed by atoms with E-state index in [9.17, 15) is 10.1 Å². The summed E-state index contributed by atoms with van der Waals surface area (Å²) in [7, 11) is 1.83. The third kappa shape index (κ3) is 2.83. The lowest BCUT2D eigenvalue weighted by Gasteiger charge is -2.08. The number of hydrogen-bond acceptors (Lipinski definition) is 7. The van der Waals surface area contributed by atoms with Gasteiger partial charge in [0.2, 0.25) is 0 Å². The Labute approximate surface area is 113 Å². The number of nitrogens with two attached hydrogens (primary N) is 1. The summed E-state index contributed by atoms with van der Waals surface area (Å²) in [6.07, 6.45) is 1.60. The Bertz CT molecular complexity index is 599. The van der Waals surface area contributed by atoms with Crippen molar-refractivity contribution in [1.82, 2.24) is 14.8 Å². The Balaban J connectivity index is 2.23. The van der Waals surface area contributed by atoms with Crippen molar-refractivity contribution in [3.05, 3.63) is 40.2 Å². The second-order valence-corrected chi connectivity index (χ2v) is 4.67. The molecule has 0 saturated heterocycles. The summed E-state index contributed by atoms with van der Waals surface area (Å²) < 4.78 is 1.78. The molecule has 0 aliphatic heterocycles. The molecular formula is C10H12N6O2S. The number of thioether (sulfide) groups is 1. The lowest BCUT2D eigenvalue weighted by Crippen LogP contribution is -2.11. The lowest BCUT2D eigenvalue weighted by molar-refractivity contribution is -0.384. The fourth-order valence-corrected chi connectivity index (χ4v) is 2.45. The van der Waals surface area contributed by atoms with Crippen molar-refractivity contribution >= 4 is 23.1 Å². The normalized spacial score (nSPS) is 10.4. The van der Waals surface area contributed by atoms with Gasteiger partial charge < -0.3 is 9.99 Å². The zero-order valence-corrected chi connectivity index (χ0v) is 10.9. The highest BCUT2D eigenvalue weighted by atomic mass is 32.2. The maximum absolute atomic E-state index is 10.9. The molecule has 1 heterocycles. The van der Waals surface area contributed by atoms with E-state index in [4.69, 9.17) is 5.84 Å². The molecule has 0 radical (unpaired) electrons. The van der Waals surface area contributed by atoms with Crippen LogP contribution in [-0.2, 0) is 12.8 Å². The van der Waals surface area contributed by atoms with Crippen LogP contribution in [0.1, 0.15) is 5.56 Å². The molecule has 0 spiro atoms. The van der Waals surface area contributed by atoms with E-state index in [2.05, 4.69) is 15.6 Å². The number of nitro benzene ring substituents is 1. The summed E-state index contributed by atoms with van der Waals surface area (Å²) in [4.78, 5) is 10.4. The van der Waals surface area contributed by atoms with E-state index in [-0.39, 0.29) is 5.69 Å². The number of rotatable bonds is 5. The van der Waals surface area contributed by atoms with Crippen molar-refractivity contribution in [3.63, 3.8) is 0 Å². The van der Waals surface area contributed by atoms with Crippen molar-refractivity contribution in [2.24, 2.45) is 12.9 Å². The first-order valence-corrected chi connectivity index (χ1v) is 6.31. The molecule has 1 aromatic carbocycles. The summed E-state index contributed by atoms with van der Waals surface area (Å²) in [6, 6.07) is 4.82. The third-order valence-corrected chi connectivity index (χ3v) is 3.58. The second kappa shape index (κ2) is 5.67. The highest BCUT2D eigenvalue weighted by molar-refractivity contribution is 7.98. The van der Waals surface area contributed by atoms with Gasteiger partial charge in [-0.05, 0) is 5.56 Å². The molecular weight excluding hydrogens is 268 g/mol. The van der Waals surface area contributed by atoms with Gasteiger partial charge in [0.1, 0.15) is 12.0 Å². The Kier molecular flexibility index (Phi) is 3.97. The lowest BCUT2D eigenvalue weighted by atomic mass is 10.2. The molecule has 1 aromatic heterocycles. The van der Waals surface area contributed by atoms with Crippen molar-refractivity contribution in [1.29, 1.82) is 0 Å². The molecule has 19 heavy (non-hydrogen) atoms. The first kappa shape index (κ1) is 13.3. The number of benzene rings is 1. The molecule has 3 N–H and O–H groups in total. The summed E-state index contributed by atoms with van der Waals surface area (Å²) in [5.41, 5.74) is 3.41. The van der Waals surface area contributed by atoms with Gasteiger partial charge in [0.15, 0.2) is 5.16 Å². The Morgan fingerprint density at radius 1 is 1.58 bits per heavy atom. The van der Waals surface area contributed by atoms with E-state index >= 15 is 0 Å². The zero-order valence-electron chi connectivity index (χ0n) is 10.1. The Morgan fingerprint density at radius 3 is 2.95 bits per heavy atom. The van der Waals surface area contributed by atoms with Gasteiger partial charge in [-0.15, -0.1) is 10.2 Å². The van der Waals surface area contributed by atoms with E-state index in [1.54, 1.807) is 23.0 Å². The van der Waals surface area contributed by atoms with E-state index in [0.29, 0.717) is 11.4 Å². The van der Waals surface area contributed by atoms with Gasteiger partial charge in [-0.1, -0.05) is 23.9 Å². The molecule has 9 heteroatoms. The van der Waals surface area contributed by atoms with Gasteiger partial charge in [0.05, 0.1) is 4.92 Å².